The minimum Gasteiger partial charge on any atom is -0.332 e. The zero-order valence-corrected chi connectivity index (χ0v) is 14.5. The monoisotopic (exact) mass is 370 g/mol. The summed E-state index contributed by atoms with van der Waals surface area (Å²) in [5.74, 6) is -0.617. The van der Waals surface area contributed by atoms with E-state index < -0.39 is 0 Å². The Bertz CT molecular complexity index is 707. The average molecular weight is 371 g/mol. The molecule has 128 valence electrons. The van der Waals surface area contributed by atoms with Crippen molar-refractivity contribution in [2.24, 2.45) is 0 Å². The number of rotatable bonds is 7. The molecular formula is C14H16Cl2N6O2. The number of hydrogen-bond acceptors (Lipinski definition) is 5. The summed E-state index contributed by atoms with van der Waals surface area (Å²) in [5, 5.41) is 14.1. The van der Waals surface area contributed by atoms with Gasteiger partial charge >= 0.3 is 0 Å². The van der Waals surface area contributed by atoms with Crippen molar-refractivity contribution in [3.8, 4) is 0 Å². The van der Waals surface area contributed by atoms with E-state index in [1.54, 1.807) is 18.2 Å². The lowest BCUT2D eigenvalue weighted by molar-refractivity contribution is -0.135. The molecule has 2 rings (SSSR count). The smallest absolute Gasteiger partial charge is 0.244 e. The number of carbonyl (C=O) groups excluding carboxylic acids is 2. The lowest BCUT2D eigenvalue weighted by Gasteiger charge is -2.21. The fourth-order valence-electron chi connectivity index (χ4n) is 2.01. The first-order valence-corrected chi connectivity index (χ1v) is 7.98. The van der Waals surface area contributed by atoms with Crippen LogP contribution >= 0.6 is 23.2 Å². The largest absolute Gasteiger partial charge is 0.332 e. The second kappa shape index (κ2) is 8.60. The fraction of sp³-hybridized carbons (Fsp3) is 0.357. The SMILES string of the molecule is CCCN(CC(=O)Nc1cc(Cl)ccc1Cl)C(=O)Cn1cnnn1. The molecule has 1 aromatic carbocycles. The molecule has 2 aromatic rings. The van der Waals surface area contributed by atoms with Crippen LogP contribution in [0.3, 0.4) is 0 Å². The molecular weight excluding hydrogens is 355 g/mol. The number of carbonyl (C=O) groups is 2. The first-order chi connectivity index (χ1) is 11.5. The summed E-state index contributed by atoms with van der Waals surface area (Å²) >= 11 is 11.9. The van der Waals surface area contributed by atoms with Crippen LogP contribution < -0.4 is 5.32 Å². The van der Waals surface area contributed by atoms with Gasteiger partial charge in [-0.15, -0.1) is 5.10 Å². The molecule has 1 N–H and O–H groups in total. The van der Waals surface area contributed by atoms with Crippen molar-refractivity contribution in [1.82, 2.24) is 25.1 Å². The second-order valence-electron chi connectivity index (χ2n) is 5.00. The van der Waals surface area contributed by atoms with Gasteiger partial charge in [0.1, 0.15) is 12.9 Å². The molecule has 0 atom stereocenters. The van der Waals surface area contributed by atoms with Crippen molar-refractivity contribution in [3.63, 3.8) is 0 Å². The van der Waals surface area contributed by atoms with E-state index in [0.717, 1.165) is 0 Å². The van der Waals surface area contributed by atoms with E-state index >= 15 is 0 Å². The van der Waals surface area contributed by atoms with E-state index in [1.165, 1.54) is 15.9 Å². The predicted molar refractivity (Wildman–Crippen MR) is 89.8 cm³/mol. The lowest BCUT2D eigenvalue weighted by Crippen LogP contribution is -2.40. The van der Waals surface area contributed by atoms with Gasteiger partial charge in [0, 0.05) is 11.6 Å². The number of benzene rings is 1. The third-order valence-corrected chi connectivity index (χ3v) is 3.64. The Morgan fingerprint density at radius 2 is 2.12 bits per heavy atom. The minimum absolute atomic E-state index is 0.0296. The summed E-state index contributed by atoms with van der Waals surface area (Å²) in [7, 11) is 0. The minimum atomic E-state index is -0.363. The van der Waals surface area contributed by atoms with Crippen LogP contribution in [0.25, 0.3) is 0 Å². The van der Waals surface area contributed by atoms with Crippen molar-refractivity contribution < 1.29 is 9.59 Å². The number of nitrogens with one attached hydrogen (secondary N) is 1. The van der Waals surface area contributed by atoms with Crippen LogP contribution in [-0.4, -0.2) is 50.0 Å². The first kappa shape index (κ1) is 18.2. The highest BCUT2D eigenvalue weighted by atomic mass is 35.5. The summed E-state index contributed by atoms with van der Waals surface area (Å²) < 4.78 is 1.30. The maximum Gasteiger partial charge on any atom is 0.244 e. The fourth-order valence-corrected chi connectivity index (χ4v) is 2.35. The van der Waals surface area contributed by atoms with Crippen molar-refractivity contribution in [3.05, 3.63) is 34.6 Å². The molecule has 24 heavy (non-hydrogen) atoms. The molecule has 0 aliphatic rings. The lowest BCUT2D eigenvalue weighted by atomic mass is 10.3. The molecule has 0 saturated heterocycles. The highest BCUT2D eigenvalue weighted by molar-refractivity contribution is 6.35. The Morgan fingerprint density at radius 1 is 1.33 bits per heavy atom. The van der Waals surface area contributed by atoms with Crippen LogP contribution in [0.15, 0.2) is 24.5 Å². The van der Waals surface area contributed by atoms with E-state index in [1.807, 2.05) is 6.92 Å². The molecule has 8 nitrogen and oxygen atoms in total. The van der Waals surface area contributed by atoms with Crippen LogP contribution in [-0.2, 0) is 16.1 Å². The normalized spacial score (nSPS) is 10.5. The van der Waals surface area contributed by atoms with Gasteiger partial charge in [0.25, 0.3) is 0 Å². The Balaban J connectivity index is 1.99. The van der Waals surface area contributed by atoms with Gasteiger partial charge in [-0.1, -0.05) is 30.1 Å². The number of hydrogen-bond donors (Lipinski definition) is 1. The number of nitrogens with zero attached hydrogens (tertiary/aromatic N) is 5. The topological polar surface area (TPSA) is 93.0 Å². The first-order valence-electron chi connectivity index (χ1n) is 7.23. The van der Waals surface area contributed by atoms with Crippen LogP contribution in [0, 0.1) is 0 Å². The summed E-state index contributed by atoms with van der Waals surface area (Å²) in [6.07, 6.45) is 2.06. The number of anilines is 1. The Labute approximate surface area is 148 Å². The Morgan fingerprint density at radius 3 is 2.79 bits per heavy atom. The van der Waals surface area contributed by atoms with Gasteiger partial charge in [-0.2, -0.15) is 0 Å². The molecule has 0 aliphatic heterocycles. The third-order valence-electron chi connectivity index (χ3n) is 3.07. The van der Waals surface area contributed by atoms with Crippen LogP contribution in [0.1, 0.15) is 13.3 Å². The van der Waals surface area contributed by atoms with Crippen molar-refractivity contribution in [2.75, 3.05) is 18.4 Å². The highest BCUT2D eigenvalue weighted by Crippen LogP contribution is 2.25. The molecule has 0 aliphatic carbocycles. The van der Waals surface area contributed by atoms with Gasteiger partial charge in [-0.3, -0.25) is 9.59 Å². The molecule has 0 spiro atoms. The van der Waals surface area contributed by atoms with E-state index in [9.17, 15) is 9.59 Å². The highest BCUT2D eigenvalue weighted by Gasteiger charge is 2.18. The van der Waals surface area contributed by atoms with Gasteiger partial charge in [-0.05, 0) is 35.0 Å². The molecule has 1 heterocycles. The zero-order valence-electron chi connectivity index (χ0n) is 12.9. The average Bonchev–Trinajstić information content (AvgIpc) is 3.03. The Kier molecular flexibility index (Phi) is 6.51. The van der Waals surface area contributed by atoms with Crippen LogP contribution in [0.2, 0.25) is 10.0 Å². The molecule has 1 aromatic heterocycles. The van der Waals surface area contributed by atoms with E-state index in [0.29, 0.717) is 28.7 Å². The molecule has 0 fully saturated rings. The van der Waals surface area contributed by atoms with Crippen molar-refractivity contribution in [1.29, 1.82) is 0 Å². The molecule has 0 unspecified atom stereocenters. The second-order valence-corrected chi connectivity index (χ2v) is 5.84. The summed E-state index contributed by atoms with van der Waals surface area (Å²) in [6.45, 7) is 2.23. The molecule has 2 amide bonds. The van der Waals surface area contributed by atoms with Crippen LogP contribution in [0.5, 0.6) is 0 Å². The molecule has 0 radical (unpaired) electrons. The third kappa shape index (κ3) is 5.17. The Hall–Kier alpha value is -2.19. The van der Waals surface area contributed by atoms with Crippen molar-refractivity contribution >= 4 is 40.7 Å². The van der Waals surface area contributed by atoms with E-state index in [4.69, 9.17) is 23.2 Å². The van der Waals surface area contributed by atoms with Gasteiger partial charge < -0.3 is 10.2 Å². The van der Waals surface area contributed by atoms with E-state index in [2.05, 4.69) is 20.8 Å². The maximum absolute atomic E-state index is 12.3. The molecule has 0 saturated carbocycles. The van der Waals surface area contributed by atoms with Crippen LogP contribution in [0.4, 0.5) is 5.69 Å². The van der Waals surface area contributed by atoms with Crippen molar-refractivity contribution in [2.45, 2.75) is 19.9 Å². The number of amides is 2. The predicted octanol–water partition coefficient (Wildman–Crippen LogP) is 1.86. The summed E-state index contributed by atoms with van der Waals surface area (Å²) in [6, 6.07) is 4.76. The standard InChI is InChI=1S/C14H16Cl2N6O2/c1-2-5-21(14(24)8-22-9-17-19-20-22)7-13(23)18-12-6-10(15)3-4-11(12)16/h3-4,6,9H,2,5,7-8H2,1H3,(H,18,23). The zero-order chi connectivity index (χ0) is 17.5. The quantitative estimate of drug-likeness (QED) is 0.802. The number of halogens is 2. The van der Waals surface area contributed by atoms with Gasteiger partial charge in [0.2, 0.25) is 11.8 Å². The summed E-state index contributed by atoms with van der Waals surface area (Å²) in [5.41, 5.74) is 0.401. The van der Waals surface area contributed by atoms with Gasteiger partial charge in [0.15, 0.2) is 0 Å². The maximum atomic E-state index is 12.3. The number of aromatic nitrogens is 4. The number of tetrazole rings is 1. The van der Waals surface area contributed by atoms with Gasteiger partial charge in [-0.25, -0.2) is 4.68 Å². The summed E-state index contributed by atoms with van der Waals surface area (Å²) in [4.78, 5) is 25.9. The molecule has 10 heteroatoms. The molecule has 0 bridgehead atoms. The van der Waals surface area contributed by atoms with Gasteiger partial charge in [0.05, 0.1) is 17.3 Å². The van der Waals surface area contributed by atoms with E-state index in [-0.39, 0.29) is 24.9 Å².